The Morgan fingerprint density at radius 3 is 1.25 bits per heavy atom. The molecule has 0 aliphatic carbocycles. The number of H-pyrrole nitrogens is 3. The highest BCUT2D eigenvalue weighted by Crippen LogP contribution is 2.36. The first kappa shape index (κ1) is 62.7. The zero-order chi connectivity index (χ0) is 62.4. The predicted octanol–water partition coefficient (Wildman–Crippen LogP) is 16.1. The topological polar surface area (TPSA) is 213 Å². The van der Waals surface area contributed by atoms with Gasteiger partial charge in [0.05, 0.1) is 49.3 Å². The number of nitrogens with zero attached hydrogens (tertiary/aromatic N) is 3. The van der Waals surface area contributed by atoms with Crippen molar-refractivity contribution in [3.8, 4) is 33.4 Å². The van der Waals surface area contributed by atoms with Gasteiger partial charge in [0, 0.05) is 45.5 Å². The van der Waals surface area contributed by atoms with Gasteiger partial charge >= 0.3 is 15.5 Å². The molecule has 0 saturated heterocycles. The van der Waals surface area contributed by atoms with Crippen LogP contribution < -0.4 is 9.86 Å². The maximum atomic E-state index is 12.8. The average Bonchev–Trinajstić information content (AvgIpc) is 2.84. The fraction of sp³-hybridized carbons (Fsp3) is 0.149. The molecule has 21 heteroatoms. The van der Waals surface area contributed by atoms with Gasteiger partial charge in [0.2, 0.25) is 10.0 Å². The lowest BCUT2D eigenvalue weighted by Gasteiger charge is -2.21. The van der Waals surface area contributed by atoms with E-state index in [0.717, 1.165) is 115 Å². The second-order valence-electron chi connectivity index (χ2n) is 21.4. The van der Waals surface area contributed by atoms with Crippen molar-refractivity contribution in [2.24, 2.45) is 5.14 Å². The highest BCUT2D eigenvalue weighted by molar-refractivity contribution is 7.93. The molecule has 7 N–H and O–H groups in total. The second-order valence-corrected chi connectivity index (χ2v) is 25.9. The Morgan fingerprint density at radius 1 is 0.466 bits per heavy atom. The SMILES string of the molecule is CC(C)(O)c1ccccc1-c1ccc2nc(CCc3cccc(Cl)c3)[nH]c2c1.NS(=O)(=O)c1ccccc1-c1ccc2nc(CCc3cccc(Cl)c3)[nH]c2c1.O=S(=O)(Nc1ccccc1-c1ccc2nc(CCc3cccc(Cl)c3)[nH]c2c1)C(F)(F)F. The van der Waals surface area contributed by atoms with Crippen LogP contribution >= 0.6 is 34.8 Å². The fourth-order valence-corrected chi connectivity index (χ4v) is 12.1. The highest BCUT2D eigenvalue weighted by Gasteiger charge is 2.46. The number of imidazole rings is 3. The molecule has 0 saturated carbocycles. The third-order valence-corrected chi connectivity index (χ3v) is 17.2. The molecule has 9 aromatic carbocycles. The van der Waals surface area contributed by atoms with Gasteiger partial charge < -0.3 is 20.1 Å². The van der Waals surface area contributed by atoms with Crippen molar-refractivity contribution in [2.75, 3.05) is 4.72 Å². The van der Waals surface area contributed by atoms with Crippen LogP contribution in [0.4, 0.5) is 18.9 Å². The number of anilines is 1. The Balaban J connectivity index is 0.000000146. The quantitative estimate of drug-likeness (QED) is 0.0546. The summed E-state index contributed by atoms with van der Waals surface area (Å²) < 4.78 is 87.0. The summed E-state index contributed by atoms with van der Waals surface area (Å²) in [7, 11) is -9.35. The number of rotatable bonds is 16. The van der Waals surface area contributed by atoms with Gasteiger partial charge in [-0.1, -0.05) is 150 Å². The third kappa shape index (κ3) is 15.7. The molecule has 0 fully saturated rings. The van der Waals surface area contributed by atoms with E-state index in [2.05, 4.69) is 43.1 Å². The minimum atomic E-state index is -5.54. The summed E-state index contributed by atoms with van der Waals surface area (Å²) in [6.45, 7) is 3.63. The van der Waals surface area contributed by atoms with Gasteiger partial charge in [0.15, 0.2) is 0 Å². The number of halogens is 6. The first-order chi connectivity index (χ1) is 41.9. The molecule has 0 spiro atoms. The molecule has 0 aliphatic heterocycles. The van der Waals surface area contributed by atoms with Gasteiger partial charge in [-0.15, -0.1) is 0 Å². The number of aryl methyl sites for hydroxylation is 6. The first-order valence-electron chi connectivity index (χ1n) is 27.7. The highest BCUT2D eigenvalue weighted by atomic mass is 35.5. The summed E-state index contributed by atoms with van der Waals surface area (Å²) in [5, 5.41) is 18.0. The number of aromatic amines is 3. The summed E-state index contributed by atoms with van der Waals surface area (Å²) in [5.74, 6) is 2.58. The number of fused-ring (bicyclic) bond motifs is 3. The van der Waals surface area contributed by atoms with Gasteiger partial charge in [0.1, 0.15) is 17.5 Å². The molecule has 3 aromatic heterocycles. The Hall–Kier alpha value is -8.33. The molecule has 0 radical (unpaired) electrons. The van der Waals surface area contributed by atoms with E-state index >= 15 is 0 Å². The van der Waals surface area contributed by atoms with Crippen molar-refractivity contribution in [3.63, 3.8) is 0 Å². The van der Waals surface area contributed by atoms with Crippen molar-refractivity contribution < 1.29 is 35.1 Å². The van der Waals surface area contributed by atoms with Crippen LogP contribution in [0.2, 0.25) is 15.1 Å². The van der Waals surface area contributed by atoms with E-state index in [4.69, 9.17) is 44.9 Å². The maximum absolute atomic E-state index is 12.8. The maximum Gasteiger partial charge on any atom is 0.516 e. The Morgan fingerprint density at radius 2 is 0.841 bits per heavy atom. The summed E-state index contributed by atoms with van der Waals surface area (Å²) in [4.78, 5) is 24.0. The average molecular weight is 1280 g/mol. The molecular formula is C67H58Cl3F3N8O5S2. The number of hydrogen-bond donors (Lipinski definition) is 6. The van der Waals surface area contributed by atoms with E-state index in [0.29, 0.717) is 39.2 Å². The van der Waals surface area contributed by atoms with Crippen LogP contribution in [0.25, 0.3) is 66.5 Å². The molecule has 12 rings (SSSR count). The van der Waals surface area contributed by atoms with Crippen molar-refractivity contribution in [1.82, 2.24) is 29.9 Å². The molecule has 0 atom stereocenters. The van der Waals surface area contributed by atoms with Gasteiger partial charge in [-0.3, -0.25) is 4.72 Å². The number of aromatic nitrogens is 6. The lowest BCUT2D eigenvalue weighted by Crippen LogP contribution is -2.30. The summed E-state index contributed by atoms with van der Waals surface area (Å²) in [5.41, 5.74) is 7.18. The van der Waals surface area contributed by atoms with E-state index in [1.165, 1.54) is 23.8 Å². The van der Waals surface area contributed by atoms with Crippen LogP contribution in [0.15, 0.2) is 205 Å². The van der Waals surface area contributed by atoms with Crippen molar-refractivity contribution in [1.29, 1.82) is 0 Å². The molecule has 88 heavy (non-hydrogen) atoms. The van der Waals surface area contributed by atoms with Gasteiger partial charge in [0.25, 0.3) is 0 Å². The molecule has 0 amide bonds. The second kappa shape index (κ2) is 26.6. The predicted molar refractivity (Wildman–Crippen MR) is 346 cm³/mol. The monoisotopic (exact) mass is 1280 g/mol. The fourth-order valence-electron chi connectivity index (χ4n) is 10.2. The van der Waals surface area contributed by atoms with Crippen molar-refractivity contribution in [2.45, 2.75) is 68.4 Å². The van der Waals surface area contributed by atoms with Crippen LogP contribution in [-0.4, -0.2) is 57.4 Å². The van der Waals surface area contributed by atoms with E-state index in [1.54, 1.807) is 59.3 Å². The van der Waals surface area contributed by atoms with Gasteiger partial charge in [-0.2, -0.15) is 21.6 Å². The molecule has 450 valence electrons. The minimum Gasteiger partial charge on any atom is -0.386 e. The Labute approximate surface area is 521 Å². The van der Waals surface area contributed by atoms with Crippen LogP contribution in [0.5, 0.6) is 0 Å². The zero-order valence-corrected chi connectivity index (χ0v) is 51.3. The van der Waals surface area contributed by atoms with Gasteiger partial charge in [-0.25, -0.2) is 28.5 Å². The number of nitrogens with one attached hydrogen (secondary N) is 4. The smallest absolute Gasteiger partial charge is 0.386 e. The van der Waals surface area contributed by atoms with E-state index in [-0.39, 0.29) is 10.6 Å². The number of para-hydroxylation sites is 1. The van der Waals surface area contributed by atoms with Crippen molar-refractivity contribution >= 4 is 93.6 Å². The number of benzene rings is 9. The Kier molecular flexibility index (Phi) is 18.9. The number of primary sulfonamides is 1. The molecular weight excluding hydrogens is 1220 g/mol. The van der Waals surface area contributed by atoms with Crippen LogP contribution in [-0.2, 0) is 64.2 Å². The number of alkyl halides is 3. The summed E-state index contributed by atoms with van der Waals surface area (Å²) >= 11 is 18.1. The molecule has 0 bridgehead atoms. The molecule has 12 aromatic rings. The van der Waals surface area contributed by atoms with E-state index < -0.39 is 31.2 Å². The summed E-state index contributed by atoms with van der Waals surface area (Å²) in [6, 6.07) is 60.9. The lowest BCUT2D eigenvalue weighted by atomic mass is 9.89. The summed E-state index contributed by atoms with van der Waals surface area (Å²) in [6.07, 6.45) is 4.65. The van der Waals surface area contributed by atoms with Crippen LogP contribution in [0.1, 0.15) is 53.6 Å². The molecule has 0 aliphatic rings. The van der Waals surface area contributed by atoms with E-state index in [9.17, 15) is 35.1 Å². The number of sulfonamides is 2. The largest absolute Gasteiger partial charge is 0.516 e. The van der Waals surface area contributed by atoms with Crippen molar-refractivity contribution in [3.05, 3.63) is 255 Å². The third-order valence-electron chi connectivity index (χ3n) is 14.4. The van der Waals surface area contributed by atoms with E-state index in [1.807, 2.05) is 123 Å². The number of nitrogens with two attached hydrogens (primary N) is 1. The van der Waals surface area contributed by atoms with Crippen LogP contribution in [0.3, 0.4) is 0 Å². The molecule has 3 heterocycles. The minimum absolute atomic E-state index is 0.107. The lowest BCUT2D eigenvalue weighted by molar-refractivity contribution is -0.0429. The van der Waals surface area contributed by atoms with Crippen LogP contribution in [0, 0.1) is 0 Å². The number of hydrogen-bond acceptors (Lipinski definition) is 8. The molecule has 13 nitrogen and oxygen atoms in total. The number of aliphatic hydroxyl groups is 1. The van der Waals surface area contributed by atoms with Gasteiger partial charge in [-0.05, 0) is 163 Å². The molecule has 0 unspecified atom stereocenters. The Bertz CT molecular complexity index is 4720. The normalized spacial score (nSPS) is 12.0. The first-order valence-corrected chi connectivity index (χ1v) is 31.9. The standard InChI is InChI=1S/C24H23ClN2O.C22H17ClF3N3O2S.C21H18ClN3O2S/c1-24(2,28)20-9-4-3-8-19(20)17-11-12-21-22(15-17)27-23(26-21)13-10-16-6-5-7-18(25)14-16;23-16-5-3-4-14(12-16)8-11-21-27-19-10-9-15(13-20(19)28-21)17-6-1-2-7-18(17)29-32(30,31)22(24,25)26;22-16-5-3-4-14(12-16)8-11-21-24-18-10-9-15(13-19(18)25-21)17-6-1-2-7-20(17)28(23,26)27/h3-9,11-12,14-15,28H,10,13H2,1-2H3,(H,26,27);1-7,9-10,12-13,29H,8,11H2,(H,27,28);1-7,9-10,12-13H,8,11H2,(H,24,25)(H2,23,26,27). The zero-order valence-electron chi connectivity index (χ0n) is 47.4.